The van der Waals surface area contributed by atoms with Crippen molar-refractivity contribution in [3.8, 4) is 11.3 Å². The zero-order chi connectivity index (χ0) is 4.12. The predicted octanol–water partition coefficient (Wildman–Crippen LogP) is 0.296. The minimum absolute atomic E-state index is 1.27. The molecular weight excluding hydrogens is 87.5 g/mol. The first-order valence-corrected chi connectivity index (χ1v) is 1.27. The summed E-state index contributed by atoms with van der Waals surface area (Å²) in [6, 6.07) is 0. The van der Waals surface area contributed by atoms with E-state index in [0.717, 1.165) is 0 Å². The zero-order valence-corrected chi connectivity index (χ0v) is 3.04. The number of halogens is 1. The van der Waals surface area contributed by atoms with E-state index in [0.29, 0.717) is 0 Å². The molecule has 5 heavy (non-hydrogen) atoms. The van der Waals surface area contributed by atoms with Crippen molar-refractivity contribution < 1.29 is 4.79 Å². The Kier molecular flexibility index (Phi) is 3.18. The van der Waals surface area contributed by atoms with Crippen molar-refractivity contribution in [3.05, 3.63) is 0 Å². The second kappa shape index (κ2) is 3.52. The third-order valence-electron chi connectivity index (χ3n) is 0.0983. The maximum Gasteiger partial charge on any atom is 0.285 e. The highest BCUT2D eigenvalue weighted by molar-refractivity contribution is 6.31. The van der Waals surface area contributed by atoms with Crippen molar-refractivity contribution >= 4 is 17.9 Å². The van der Waals surface area contributed by atoms with Crippen LogP contribution < -0.4 is 0 Å². The summed E-state index contributed by atoms with van der Waals surface area (Å²) in [6.07, 6.45) is 1.27. The van der Waals surface area contributed by atoms with E-state index in [-0.39, 0.29) is 0 Å². The molecule has 0 atom stereocenters. The van der Waals surface area contributed by atoms with Gasteiger partial charge in [-0.2, -0.15) is 0 Å². The van der Waals surface area contributed by atoms with E-state index in [1.165, 1.54) is 6.29 Å². The average molecular weight is 87.5 g/mol. The van der Waals surface area contributed by atoms with E-state index in [1.807, 2.05) is 11.3 Å². The van der Waals surface area contributed by atoms with Crippen molar-refractivity contribution in [2.24, 2.45) is 0 Å². The fourth-order valence-electron chi connectivity index (χ4n) is 0.0193. The van der Waals surface area contributed by atoms with Crippen LogP contribution in [0.5, 0.6) is 0 Å². The molecule has 0 saturated carbocycles. The van der Waals surface area contributed by atoms with Crippen molar-refractivity contribution in [1.82, 2.24) is 0 Å². The van der Waals surface area contributed by atoms with E-state index in [2.05, 4.69) is 11.6 Å². The summed E-state index contributed by atoms with van der Waals surface area (Å²) >= 11 is 4.68. The predicted molar refractivity (Wildman–Crippen MR) is 19.3 cm³/mol. The quantitative estimate of drug-likeness (QED) is 0.388. The summed E-state index contributed by atoms with van der Waals surface area (Å²) in [6.45, 7) is 0. The van der Waals surface area contributed by atoms with Gasteiger partial charge in [0, 0.05) is 5.38 Å². The average Bonchev–Trinajstić information content (AvgIpc) is 1.41. The van der Waals surface area contributed by atoms with E-state index in [4.69, 9.17) is 4.79 Å². The normalized spacial score (nSPS) is 4.20. The van der Waals surface area contributed by atoms with Gasteiger partial charge in [0.05, 0.1) is 0 Å². The standard InChI is InChI=1S/C3ClO/c4-2-1-3-5. The molecule has 25 valence electrons. The molecule has 0 aromatic heterocycles. The molecule has 0 unspecified atom stereocenters. The summed E-state index contributed by atoms with van der Waals surface area (Å²) in [5.41, 5.74) is 0. The van der Waals surface area contributed by atoms with Crippen LogP contribution in [0.15, 0.2) is 0 Å². The second-order valence-corrected chi connectivity index (χ2v) is 0.511. The van der Waals surface area contributed by atoms with Gasteiger partial charge in [0.2, 0.25) is 0 Å². The molecule has 0 bridgehead atoms. The number of hydrogen-bond donors (Lipinski definition) is 0. The highest BCUT2D eigenvalue weighted by Crippen LogP contribution is 1.55. The van der Waals surface area contributed by atoms with E-state index in [1.54, 1.807) is 0 Å². The van der Waals surface area contributed by atoms with Gasteiger partial charge in [-0.15, -0.1) is 0 Å². The Morgan fingerprint density at radius 3 is 2.20 bits per heavy atom. The van der Waals surface area contributed by atoms with Gasteiger partial charge in [0.25, 0.3) is 6.29 Å². The van der Waals surface area contributed by atoms with Crippen molar-refractivity contribution in [1.29, 1.82) is 0 Å². The number of carbonyl (C=O) groups excluding carboxylic acids is 1. The Bertz CT molecular complexity index is 76.6. The van der Waals surface area contributed by atoms with E-state index < -0.39 is 0 Å². The van der Waals surface area contributed by atoms with Crippen molar-refractivity contribution in [2.75, 3.05) is 0 Å². The lowest BCUT2D eigenvalue weighted by atomic mass is 10.8. The van der Waals surface area contributed by atoms with Gasteiger partial charge >= 0.3 is 0 Å². The lowest BCUT2D eigenvalue weighted by Gasteiger charge is -1.36. The van der Waals surface area contributed by atoms with Crippen LogP contribution in [-0.4, -0.2) is 6.29 Å². The molecular formula is C3ClO. The Balaban J connectivity index is 3.16. The Morgan fingerprint density at radius 2 is 2.20 bits per heavy atom. The lowest BCUT2D eigenvalue weighted by Crippen LogP contribution is -1.49. The maximum absolute atomic E-state index is 9.02. The molecule has 0 aliphatic rings. The summed E-state index contributed by atoms with van der Waals surface area (Å²) in [5, 5.41) is 1.82. The third-order valence-corrected chi connectivity index (χ3v) is 0.193. The fraction of sp³-hybridized carbons (Fsp3) is 0. The third kappa shape index (κ3) is 3.52. The maximum atomic E-state index is 9.02. The molecule has 0 heterocycles. The van der Waals surface area contributed by atoms with Gasteiger partial charge < -0.3 is 0 Å². The van der Waals surface area contributed by atoms with Crippen LogP contribution in [0.1, 0.15) is 0 Å². The summed E-state index contributed by atoms with van der Waals surface area (Å²) in [5.74, 6) is 1.82. The minimum Gasteiger partial charge on any atom is -0.275 e. The van der Waals surface area contributed by atoms with E-state index in [9.17, 15) is 0 Å². The first kappa shape index (κ1) is 4.52. The second-order valence-electron chi connectivity index (χ2n) is 0.322. The zero-order valence-electron chi connectivity index (χ0n) is 2.29. The van der Waals surface area contributed by atoms with E-state index >= 15 is 0 Å². The highest BCUT2D eigenvalue weighted by Gasteiger charge is 1.49. The summed E-state index contributed by atoms with van der Waals surface area (Å²) in [4.78, 5) is 9.02. The SMILES string of the molecule is O=[C]C#CCl. The van der Waals surface area contributed by atoms with Gasteiger partial charge in [0.15, 0.2) is 0 Å². The van der Waals surface area contributed by atoms with Crippen LogP contribution in [0.25, 0.3) is 0 Å². The van der Waals surface area contributed by atoms with Crippen molar-refractivity contribution in [3.63, 3.8) is 0 Å². The molecule has 0 aromatic rings. The topological polar surface area (TPSA) is 17.1 Å². The molecule has 0 amide bonds. The van der Waals surface area contributed by atoms with Crippen molar-refractivity contribution in [2.45, 2.75) is 0 Å². The minimum atomic E-state index is 1.27. The van der Waals surface area contributed by atoms with Crippen LogP contribution in [0.2, 0.25) is 0 Å². The molecule has 0 saturated heterocycles. The first-order chi connectivity index (χ1) is 2.41. The highest BCUT2D eigenvalue weighted by atomic mass is 35.5. The number of rotatable bonds is 0. The van der Waals surface area contributed by atoms with Gasteiger partial charge in [-0.25, -0.2) is 0 Å². The molecule has 0 N–H and O–H groups in total. The molecule has 1 nitrogen and oxygen atoms in total. The molecule has 2 heteroatoms. The van der Waals surface area contributed by atoms with Crippen LogP contribution >= 0.6 is 11.6 Å². The Morgan fingerprint density at radius 1 is 1.60 bits per heavy atom. The molecule has 0 rings (SSSR count). The lowest BCUT2D eigenvalue weighted by molar-refractivity contribution is 0.566. The fourth-order valence-corrected chi connectivity index (χ4v) is 0.0579. The van der Waals surface area contributed by atoms with Gasteiger partial charge in [-0.1, -0.05) is 0 Å². The molecule has 0 aromatic carbocycles. The molecule has 0 fully saturated rings. The largest absolute Gasteiger partial charge is 0.285 e. The van der Waals surface area contributed by atoms with Crippen LogP contribution in [-0.2, 0) is 4.79 Å². The van der Waals surface area contributed by atoms with Crippen LogP contribution in [0.3, 0.4) is 0 Å². The summed E-state index contributed by atoms with van der Waals surface area (Å²) in [7, 11) is 0. The van der Waals surface area contributed by atoms with Crippen LogP contribution in [0.4, 0.5) is 0 Å². The molecule has 0 aliphatic carbocycles. The first-order valence-electron chi connectivity index (χ1n) is 0.893. The Labute approximate surface area is 34.9 Å². The number of hydrogen-bond acceptors (Lipinski definition) is 1. The van der Waals surface area contributed by atoms with Crippen LogP contribution in [0, 0.1) is 11.3 Å². The molecule has 1 radical (unpaired) electrons. The van der Waals surface area contributed by atoms with Gasteiger partial charge in [-0.3, -0.25) is 4.79 Å². The van der Waals surface area contributed by atoms with Gasteiger partial charge in [0.1, 0.15) is 0 Å². The summed E-state index contributed by atoms with van der Waals surface area (Å²) < 4.78 is 0. The Hall–Kier alpha value is -0.480. The smallest absolute Gasteiger partial charge is 0.275 e. The molecule has 0 aliphatic heterocycles. The monoisotopic (exact) mass is 87.0 g/mol. The molecule has 0 spiro atoms. The van der Waals surface area contributed by atoms with Gasteiger partial charge in [-0.05, 0) is 17.5 Å².